The lowest BCUT2D eigenvalue weighted by molar-refractivity contribution is -0.136. The summed E-state index contributed by atoms with van der Waals surface area (Å²) in [5.74, 6) is 1.30. The zero-order valence-electron chi connectivity index (χ0n) is 22.2. The fourth-order valence-corrected chi connectivity index (χ4v) is 5.83. The molecule has 2 amide bonds. The van der Waals surface area contributed by atoms with Crippen LogP contribution in [-0.2, 0) is 16.1 Å². The summed E-state index contributed by atoms with van der Waals surface area (Å²) in [6.07, 6.45) is 2.79. The molecule has 5 rings (SSSR count). The van der Waals surface area contributed by atoms with Crippen molar-refractivity contribution in [2.24, 2.45) is 11.7 Å². The summed E-state index contributed by atoms with van der Waals surface area (Å²) >= 11 is 0. The van der Waals surface area contributed by atoms with E-state index in [-0.39, 0.29) is 17.7 Å². The molecule has 2 fully saturated rings. The Hall–Kier alpha value is -3.43. The molecule has 0 aliphatic carbocycles. The Bertz CT molecular complexity index is 1290. The van der Waals surface area contributed by atoms with Gasteiger partial charge in [0.2, 0.25) is 5.91 Å². The Morgan fingerprint density at radius 2 is 1.89 bits per heavy atom. The molecule has 1 unspecified atom stereocenters. The predicted octanol–water partition coefficient (Wildman–Crippen LogP) is 2.89. The number of ether oxygens (including phenoxy) is 2. The Balaban J connectivity index is 1.30. The van der Waals surface area contributed by atoms with Crippen LogP contribution in [0.1, 0.15) is 41.4 Å². The summed E-state index contributed by atoms with van der Waals surface area (Å²) in [6, 6.07) is 14.9. The van der Waals surface area contributed by atoms with E-state index in [1.54, 1.807) is 43.4 Å². The van der Waals surface area contributed by atoms with Crippen molar-refractivity contribution in [2.75, 3.05) is 47.0 Å². The molecule has 2 aliphatic rings. The van der Waals surface area contributed by atoms with Gasteiger partial charge in [-0.15, -0.1) is 0 Å². The van der Waals surface area contributed by atoms with Crippen molar-refractivity contribution in [1.29, 1.82) is 0 Å². The van der Waals surface area contributed by atoms with Gasteiger partial charge in [-0.2, -0.15) is 0 Å². The quantitative estimate of drug-likeness (QED) is 0.459. The van der Waals surface area contributed by atoms with E-state index < -0.39 is 12.0 Å². The maximum absolute atomic E-state index is 13.7. The number of aryl methyl sites for hydroxylation is 1. The van der Waals surface area contributed by atoms with E-state index in [4.69, 9.17) is 20.2 Å². The molecule has 3 aromatic rings. The highest BCUT2D eigenvalue weighted by Crippen LogP contribution is 2.31. The number of likely N-dealkylation sites (tertiary alicyclic amines) is 2. The smallest absolute Gasteiger partial charge is 0.254 e. The van der Waals surface area contributed by atoms with Gasteiger partial charge in [-0.3, -0.25) is 9.59 Å². The highest BCUT2D eigenvalue weighted by atomic mass is 16.5. The van der Waals surface area contributed by atoms with Crippen molar-refractivity contribution in [3.05, 3.63) is 59.9 Å². The van der Waals surface area contributed by atoms with E-state index in [0.717, 1.165) is 42.7 Å². The van der Waals surface area contributed by atoms with Gasteiger partial charge in [0, 0.05) is 64.0 Å². The lowest BCUT2D eigenvalue weighted by Crippen LogP contribution is -2.47. The number of methoxy groups -OCH3 is 2. The molecule has 1 aromatic heterocycles. The number of carbonyl (C=O) groups excluding carboxylic acids is 2. The first kappa shape index (κ1) is 26.2. The molecule has 2 N–H and O–H groups in total. The third kappa shape index (κ3) is 5.26. The molecule has 38 heavy (non-hydrogen) atoms. The van der Waals surface area contributed by atoms with E-state index in [9.17, 15) is 9.59 Å². The molecule has 2 aromatic carbocycles. The summed E-state index contributed by atoms with van der Waals surface area (Å²) < 4.78 is 12.8. The molecule has 0 saturated carbocycles. The summed E-state index contributed by atoms with van der Waals surface area (Å²) in [5, 5.41) is 0. The number of fused-ring (bicyclic) bond motifs is 1. The minimum Gasteiger partial charge on any atom is -0.497 e. The second-order valence-corrected chi connectivity index (χ2v) is 10.3. The molecular weight excluding hydrogens is 482 g/mol. The number of piperidine rings is 1. The normalized spacial score (nSPS) is 21.7. The minimum absolute atomic E-state index is 0.0326. The van der Waals surface area contributed by atoms with Crippen LogP contribution in [0.2, 0.25) is 0 Å². The van der Waals surface area contributed by atoms with Crippen molar-refractivity contribution >= 4 is 22.8 Å². The summed E-state index contributed by atoms with van der Waals surface area (Å²) in [7, 11) is 3.29. The maximum atomic E-state index is 13.7. The molecule has 3 atom stereocenters. The van der Waals surface area contributed by atoms with Gasteiger partial charge in [-0.1, -0.05) is 18.2 Å². The molecule has 0 spiro atoms. The second-order valence-electron chi connectivity index (χ2n) is 10.3. The van der Waals surface area contributed by atoms with Crippen molar-refractivity contribution < 1.29 is 19.1 Å². The number of aromatic nitrogens is 2. The first-order valence-electron chi connectivity index (χ1n) is 13.4. The molecule has 202 valence electrons. The van der Waals surface area contributed by atoms with Crippen LogP contribution in [0.3, 0.4) is 0 Å². The number of hydrogen-bond donors (Lipinski definition) is 1. The molecule has 3 heterocycles. The van der Waals surface area contributed by atoms with Gasteiger partial charge in [-0.25, -0.2) is 4.98 Å². The van der Waals surface area contributed by atoms with Crippen LogP contribution in [0.25, 0.3) is 11.0 Å². The summed E-state index contributed by atoms with van der Waals surface area (Å²) in [4.78, 5) is 35.5. The molecule has 9 heteroatoms. The highest BCUT2D eigenvalue weighted by molar-refractivity contribution is 5.95. The van der Waals surface area contributed by atoms with Crippen LogP contribution in [0, 0.1) is 5.92 Å². The minimum atomic E-state index is -0.413. The number of imidazole rings is 1. The fraction of sp³-hybridized carbons (Fsp3) is 0.483. The van der Waals surface area contributed by atoms with Gasteiger partial charge in [-0.05, 0) is 49.6 Å². The number of nitrogens with two attached hydrogens (primary N) is 1. The van der Waals surface area contributed by atoms with Gasteiger partial charge >= 0.3 is 0 Å². The SMILES string of the molecule is COCCCn1c(C2CCCN(C(=O)[C@@H]3CN(C(=O)c4cccc(OC)c4)C[C@H]3N)C2)nc2ccccc21. The van der Waals surface area contributed by atoms with Crippen LogP contribution in [0.5, 0.6) is 5.75 Å². The molecule has 2 saturated heterocycles. The molecule has 0 radical (unpaired) electrons. The van der Waals surface area contributed by atoms with E-state index in [0.29, 0.717) is 44.1 Å². The third-order valence-electron chi connectivity index (χ3n) is 7.80. The van der Waals surface area contributed by atoms with E-state index in [2.05, 4.69) is 10.6 Å². The Morgan fingerprint density at radius 1 is 1.05 bits per heavy atom. The van der Waals surface area contributed by atoms with Gasteiger partial charge < -0.3 is 29.6 Å². The average Bonchev–Trinajstić information content (AvgIpc) is 3.53. The fourth-order valence-electron chi connectivity index (χ4n) is 5.83. The van der Waals surface area contributed by atoms with Crippen molar-refractivity contribution in [3.63, 3.8) is 0 Å². The first-order valence-corrected chi connectivity index (χ1v) is 13.4. The first-order chi connectivity index (χ1) is 18.5. The third-order valence-corrected chi connectivity index (χ3v) is 7.80. The van der Waals surface area contributed by atoms with Gasteiger partial charge in [0.15, 0.2) is 0 Å². The van der Waals surface area contributed by atoms with Crippen LogP contribution < -0.4 is 10.5 Å². The topological polar surface area (TPSA) is 103 Å². The Morgan fingerprint density at radius 3 is 2.71 bits per heavy atom. The standard InChI is InChI=1S/C29H37N5O4/c1-37-15-7-14-34-26-12-4-3-11-25(26)31-27(34)21-9-6-13-32(17-21)29(36)23-18-33(19-24(23)30)28(35)20-8-5-10-22(16-20)38-2/h3-5,8,10-12,16,21,23-24H,6-7,9,13-15,17-19,30H2,1-2H3/t21?,23-,24-/m1/s1. The zero-order valence-corrected chi connectivity index (χ0v) is 22.2. The second kappa shape index (κ2) is 11.5. The number of para-hydroxylation sites is 2. The van der Waals surface area contributed by atoms with Crippen LogP contribution in [0.4, 0.5) is 0 Å². The monoisotopic (exact) mass is 519 g/mol. The van der Waals surface area contributed by atoms with Crippen LogP contribution in [-0.4, -0.2) is 84.2 Å². The largest absolute Gasteiger partial charge is 0.497 e. The lowest BCUT2D eigenvalue weighted by atomic mass is 9.94. The maximum Gasteiger partial charge on any atom is 0.254 e. The van der Waals surface area contributed by atoms with E-state index in [1.165, 1.54) is 0 Å². The predicted molar refractivity (Wildman–Crippen MR) is 145 cm³/mol. The Kier molecular flexibility index (Phi) is 7.95. The highest BCUT2D eigenvalue weighted by Gasteiger charge is 2.41. The lowest BCUT2D eigenvalue weighted by Gasteiger charge is -2.35. The van der Waals surface area contributed by atoms with Gasteiger partial charge in [0.05, 0.1) is 24.1 Å². The molecular formula is C29H37N5O4. The molecule has 0 bridgehead atoms. The average molecular weight is 520 g/mol. The van der Waals surface area contributed by atoms with Crippen LogP contribution >= 0.6 is 0 Å². The zero-order chi connectivity index (χ0) is 26.6. The van der Waals surface area contributed by atoms with E-state index in [1.807, 2.05) is 23.1 Å². The number of amides is 2. The van der Waals surface area contributed by atoms with Gasteiger partial charge in [0.25, 0.3) is 5.91 Å². The van der Waals surface area contributed by atoms with E-state index >= 15 is 0 Å². The number of nitrogens with zero attached hydrogens (tertiary/aromatic N) is 4. The van der Waals surface area contributed by atoms with Crippen molar-refractivity contribution in [3.8, 4) is 5.75 Å². The number of rotatable bonds is 8. The number of hydrogen-bond acceptors (Lipinski definition) is 6. The van der Waals surface area contributed by atoms with Crippen molar-refractivity contribution in [1.82, 2.24) is 19.4 Å². The van der Waals surface area contributed by atoms with Crippen LogP contribution in [0.15, 0.2) is 48.5 Å². The van der Waals surface area contributed by atoms with Gasteiger partial charge in [0.1, 0.15) is 11.6 Å². The van der Waals surface area contributed by atoms with Crippen molar-refractivity contribution in [2.45, 2.75) is 37.8 Å². The number of carbonyl (C=O) groups is 2. The number of benzene rings is 2. The Labute approximate surface area is 223 Å². The molecule has 9 nitrogen and oxygen atoms in total. The summed E-state index contributed by atoms with van der Waals surface area (Å²) in [5.41, 5.74) is 9.08. The molecule has 2 aliphatic heterocycles. The summed E-state index contributed by atoms with van der Waals surface area (Å²) in [6.45, 7) is 3.51.